The Hall–Kier alpha value is -2.30. The molecular formula is C14H17N3O2. The van der Waals surface area contributed by atoms with E-state index in [1.54, 1.807) is 36.0 Å². The molecular weight excluding hydrogens is 242 g/mol. The Morgan fingerprint density at radius 2 is 2.16 bits per heavy atom. The smallest absolute Gasteiger partial charge is 0.255 e. The lowest BCUT2D eigenvalue weighted by molar-refractivity contribution is 0.0948. The molecule has 2 N–H and O–H groups in total. The van der Waals surface area contributed by atoms with Crippen molar-refractivity contribution in [1.29, 1.82) is 0 Å². The van der Waals surface area contributed by atoms with E-state index in [1.165, 1.54) is 0 Å². The molecule has 0 aliphatic rings. The lowest BCUT2D eigenvalue weighted by atomic mass is 10.1. The number of nitrogens with zero attached hydrogens (tertiary/aromatic N) is 2. The minimum atomic E-state index is -0.288. The van der Waals surface area contributed by atoms with Crippen LogP contribution in [0, 0.1) is 13.8 Å². The van der Waals surface area contributed by atoms with E-state index < -0.39 is 0 Å². The molecule has 0 bridgehead atoms. The summed E-state index contributed by atoms with van der Waals surface area (Å²) < 4.78 is 1.76. The van der Waals surface area contributed by atoms with Crippen molar-refractivity contribution in [3.8, 4) is 5.75 Å². The number of benzene rings is 1. The van der Waals surface area contributed by atoms with Crippen LogP contribution in [0.15, 0.2) is 24.4 Å². The Kier molecular flexibility index (Phi) is 3.55. The number of rotatable bonds is 3. The molecule has 5 nitrogen and oxygen atoms in total. The van der Waals surface area contributed by atoms with Crippen molar-refractivity contribution in [2.45, 2.75) is 20.4 Å². The van der Waals surface area contributed by atoms with E-state index in [2.05, 4.69) is 10.4 Å². The highest BCUT2D eigenvalue weighted by atomic mass is 16.3. The van der Waals surface area contributed by atoms with E-state index in [9.17, 15) is 9.90 Å². The van der Waals surface area contributed by atoms with Gasteiger partial charge in [0.05, 0.1) is 11.8 Å². The van der Waals surface area contributed by atoms with E-state index in [0.717, 1.165) is 11.3 Å². The summed E-state index contributed by atoms with van der Waals surface area (Å²) in [6.45, 7) is 4.10. The van der Waals surface area contributed by atoms with Crippen LogP contribution in [0.4, 0.5) is 0 Å². The number of carbonyl (C=O) groups is 1. The normalized spacial score (nSPS) is 10.5. The number of hydrogen-bond donors (Lipinski definition) is 2. The molecule has 1 amide bonds. The van der Waals surface area contributed by atoms with E-state index in [1.807, 2.05) is 14.0 Å². The van der Waals surface area contributed by atoms with Crippen molar-refractivity contribution in [2.24, 2.45) is 7.05 Å². The molecule has 0 unspecified atom stereocenters. The highest BCUT2D eigenvalue weighted by Crippen LogP contribution is 2.21. The largest absolute Gasteiger partial charge is 0.507 e. The number of carbonyl (C=O) groups excluding carboxylic acids is 1. The van der Waals surface area contributed by atoms with Crippen LogP contribution in [-0.4, -0.2) is 20.8 Å². The molecule has 19 heavy (non-hydrogen) atoms. The second kappa shape index (κ2) is 5.14. The minimum Gasteiger partial charge on any atom is -0.507 e. The summed E-state index contributed by atoms with van der Waals surface area (Å²) in [6.07, 6.45) is 1.73. The second-order valence-corrected chi connectivity index (χ2v) is 4.53. The number of phenolic OH excluding ortho intramolecular Hbond substituents is 1. The molecule has 0 saturated heterocycles. The molecule has 0 saturated carbocycles. The first-order valence-corrected chi connectivity index (χ1v) is 6.05. The molecule has 2 aromatic rings. The molecule has 0 radical (unpaired) electrons. The van der Waals surface area contributed by atoms with Crippen molar-refractivity contribution < 1.29 is 9.90 Å². The summed E-state index contributed by atoms with van der Waals surface area (Å²) in [5.74, 6) is -0.257. The average Bonchev–Trinajstić information content (AvgIpc) is 2.70. The van der Waals surface area contributed by atoms with Gasteiger partial charge in [-0.1, -0.05) is 12.1 Å². The molecule has 1 aromatic heterocycles. The third-order valence-corrected chi connectivity index (χ3v) is 3.26. The highest BCUT2D eigenvalue weighted by molar-refractivity contribution is 5.97. The number of amides is 1. The number of aromatic hydroxyl groups is 1. The van der Waals surface area contributed by atoms with Crippen LogP contribution in [0.5, 0.6) is 5.75 Å². The predicted molar refractivity (Wildman–Crippen MR) is 72.0 cm³/mol. The Balaban J connectivity index is 2.10. The van der Waals surface area contributed by atoms with Crippen LogP contribution in [0.2, 0.25) is 0 Å². The van der Waals surface area contributed by atoms with Gasteiger partial charge in [0.15, 0.2) is 0 Å². The van der Waals surface area contributed by atoms with Gasteiger partial charge < -0.3 is 10.4 Å². The zero-order valence-corrected chi connectivity index (χ0v) is 11.3. The number of nitrogens with one attached hydrogen (secondary N) is 1. The van der Waals surface area contributed by atoms with Crippen LogP contribution in [-0.2, 0) is 13.6 Å². The van der Waals surface area contributed by atoms with Gasteiger partial charge in [-0.3, -0.25) is 9.48 Å². The summed E-state index contributed by atoms with van der Waals surface area (Å²) in [5, 5.41) is 16.7. The number of phenols is 1. The highest BCUT2D eigenvalue weighted by Gasteiger charge is 2.13. The summed E-state index contributed by atoms with van der Waals surface area (Å²) in [4.78, 5) is 12.0. The monoisotopic (exact) mass is 259 g/mol. The summed E-state index contributed by atoms with van der Waals surface area (Å²) in [5.41, 5.74) is 2.95. The summed E-state index contributed by atoms with van der Waals surface area (Å²) >= 11 is 0. The van der Waals surface area contributed by atoms with Crippen molar-refractivity contribution in [1.82, 2.24) is 15.1 Å². The van der Waals surface area contributed by atoms with Crippen molar-refractivity contribution in [3.63, 3.8) is 0 Å². The van der Waals surface area contributed by atoms with E-state index in [-0.39, 0.29) is 11.7 Å². The van der Waals surface area contributed by atoms with Crippen LogP contribution < -0.4 is 5.32 Å². The standard InChI is InChI=1S/C14H17N3O2/c1-9-5-4-6-12(13(9)18)14(19)15-7-11-8-16-17(3)10(11)2/h4-6,8,18H,7H2,1-3H3,(H,15,19). The first kappa shape index (κ1) is 13.1. The van der Waals surface area contributed by atoms with Crippen LogP contribution in [0.3, 0.4) is 0 Å². The molecule has 2 rings (SSSR count). The number of aromatic nitrogens is 2. The zero-order valence-electron chi connectivity index (χ0n) is 11.3. The lowest BCUT2D eigenvalue weighted by Crippen LogP contribution is -2.23. The topological polar surface area (TPSA) is 67.2 Å². The number of aryl methyl sites for hydroxylation is 2. The first-order chi connectivity index (χ1) is 9.00. The van der Waals surface area contributed by atoms with Crippen molar-refractivity contribution >= 4 is 5.91 Å². The third kappa shape index (κ3) is 2.59. The van der Waals surface area contributed by atoms with Crippen molar-refractivity contribution in [3.05, 3.63) is 46.8 Å². The maximum Gasteiger partial charge on any atom is 0.255 e. The van der Waals surface area contributed by atoms with E-state index in [4.69, 9.17) is 0 Å². The molecule has 100 valence electrons. The van der Waals surface area contributed by atoms with Gasteiger partial charge in [0, 0.05) is 24.8 Å². The average molecular weight is 259 g/mol. The quantitative estimate of drug-likeness (QED) is 0.881. The van der Waals surface area contributed by atoms with Gasteiger partial charge in [-0.15, -0.1) is 0 Å². The lowest BCUT2D eigenvalue weighted by Gasteiger charge is -2.08. The summed E-state index contributed by atoms with van der Waals surface area (Å²) in [6, 6.07) is 5.12. The zero-order chi connectivity index (χ0) is 14.0. The van der Waals surface area contributed by atoms with Crippen LogP contribution >= 0.6 is 0 Å². The van der Waals surface area contributed by atoms with E-state index >= 15 is 0 Å². The Morgan fingerprint density at radius 3 is 2.79 bits per heavy atom. The third-order valence-electron chi connectivity index (χ3n) is 3.26. The second-order valence-electron chi connectivity index (χ2n) is 4.53. The van der Waals surface area contributed by atoms with Gasteiger partial charge in [-0.05, 0) is 25.5 Å². The van der Waals surface area contributed by atoms with Gasteiger partial charge >= 0.3 is 0 Å². The summed E-state index contributed by atoms with van der Waals surface area (Å²) in [7, 11) is 1.85. The predicted octanol–water partition coefficient (Wildman–Crippen LogP) is 1.67. The molecule has 0 spiro atoms. The van der Waals surface area contributed by atoms with Crippen LogP contribution in [0.1, 0.15) is 27.2 Å². The first-order valence-electron chi connectivity index (χ1n) is 6.05. The van der Waals surface area contributed by atoms with Gasteiger partial charge in [-0.25, -0.2) is 0 Å². The Labute approximate surface area is 111 Å². The Bertz CT molecular complexity index is 617. The fraction of sp³-hybridized carbons (Fsp3) is 0.286. The fourth-order valence-electron chi connectivity index (χ4n) is 1.83. The number of hydrogen-bond acceptors (Lipinski definition) is 3. The van der Waals surface area contributed by atoms with Gasteiger partial charge in [0.1, 0.15) is 5.75 Å². The maximum atomic E-state index is 12.0. The molecule has 5 heteroatoms. The molecule has 0 atom stereocenters. The van der Waals surface area contributed by atoms with Gasteiger partial charge in [-0.2, -0.15) is 5.10 Å². The maximum absolute atomic E-state index is 12.0. The fourth-order valence-corrected chi connectivity index (χ4v) is 1.83. The van der Waals surface area contributed by atoms with Gasteiger partial charge in [0.2, 0.25) is 0 Å². The van der Waals surface area contributed by atoms with Crippen LogP contribution in [0.25, 0.3) is 0 Å². The SMILES string of the molecule is Cc1cccc(C(=O)NCc2cnn(C)c2C)c1O. The molecule has 1 heterocycles. The molecule has 0 fully saturated rings. The molecule has 0 aliphatic carbocycles. The Morgan fingerprint density at radius 1 is 1.42 bits per heavy atom. The van der Waals surface area contributed by atoms with Gasteiger partial charge in [0.25, 0.3) is 5.91 Å². The molecule has 1 aromatic carbocycles. The minimum absolute atomic E-state index is 0.0305. The van der Waals surface area contributed by atoms with Crippen molar-refractivity contribution in [2.75, 3.05) is 0 Å². The number of para-hydroxylation sites is 1. The van der Waals surface area contributed by atoms with E-state index in [0.29, 0.717) is 17.7 Å². The molecule has 0 aliphatic heterocycles.